The minimum Gasteiger partial charge on any atom is -0.394 e. The summed E-state index contributed by atoms with van der Waals surface area (Å²) in [7, 11) is 0. The minimum absolute atomic E-state index is 0.0286. The van der Waals surface area contributed by atoms with Crippen LogP contribution in [-0.2, 0) is 16.1 Å². The van der Waals surface area contributed by atoms with Gasteiger partial charge in [-0.15, -0.1) is 0 Å². The highest BCUT2D eigenvalue weighted by atomic mass is 16.5. The largest absolute Gasteiger partial charge is 0.394 e. The van der Waals surface area contributed by atoms with E-state index in [-0.39, 0.29) is 12.7 Å². The predicted octanol–water partition coefficient (Wildman–Crippen LogP) is 1.60. The standard InChI is InChI=1S/C12H18O3/c1-11(15-8-7-13)9-14-10-12-5-3-2-4-6-12/h2-6,11,13H,7-10H2,1H3. The van der Waals surface area contributed by atoms with Gasteiger partial charge >= 0.3 is 0 Å². The van der Waals surface area contributed by atoms with Gasteiger partial charge in [-0.25, -0.2) is 0 Å². The second-order valence-electron chi connectivity index (χ2n) is 3.41. The second kappa shape index (κ2) is 7.40. The molecule has 1 N–H and O–H groups in total. The molecular formula is C12H18O3. The van der Waals surface area contributed by atoms with Crippen molar-refractivity contribution in [1.82, 2.24) is 0 Å². The van der Waals surface area contributed by atoms with Crippen LogP contribution in [0.2, 0.25) is 0 Å². The number of aliphatic hydroxyl groups excluding tert-OH is 1. The highest BCUT2D eigenvalue weighted by molar-refractivity contribution is 5.13. The second-order valence-corrected chi connectivity index (χ2v) is 3.41. The number of hydrogen-bond donors (Lipinski definition) is 1. The summed E-state index contributed by atoms with van der Waals surface area (Å²) in [4.78, 5) is 0. The first-order chi connectivity index (χ1) is 7.33. The molecule has 1 unspecified atom stereocenters. The maximum Gasteiger partial charge on any atom is 0.0781 e. The van der Waals surface area contributed by atoms with E-state index in [0.29, 0.717) is 19.8 Å². The van der Waals surface area contributed by atoms with Crippen molar-refractivity contribution in [3.05, 3.63) is 35.9 Å². The molecule has 1 aromatic carbocycles. The van der Waals surface area contributed by atoms with E-state index < -0.39 is 0 Å². The Bertz CT molecular complexity index is 248. The predicted molar refractivity (Wildman–Crippen MR) is 58.6 cm³/mol. The fourth-order valence-corrected chi connectivity index (χ4v) is 1.22. The molecular weight excluding hydrogens is 192 g/mol. The Morgan fingerprint density at radius 2 is 2.00 bits per heavy atom. The maximum atomic E-state index is 8.55. The molecule has 0 aliphatic heterocycles. The van der Waals surface area contributed by atoms with Crippen LogP contribution in [0.4, 0.5) is 0 Å². The summed E-state index contributed by atoms with van der Waals surface area (Å²) in [6, 6.07) is 10.0. The monoisotopic (exact) mass is 210 g/mol. The van der Waals surface area contributed by atoms with E-state index in [0.717, 1.165) is 5.56 Å². The Labute approximate surface area is 90.6 Å². The van der Waals surface area contributed by atoms with Crippen LogP contribution in [0.25, 0.3) is 0 Å². The maximum absolute atomic E-state index is 8.55. The summed E-state index contributed by atoms with van der Waals surface area (Å²) in [6.45, 7) is 3.52. The molecule has 0 aliphatic carbocycles. The molecule has 84 valence electrons. The summed E-state index contributed by atoms with van der Waals surface area (Å²) in [6.07, 6.45) is 0.0286. The van der Waals surface area contributed by atoms with E-state index in [1.165, 1.54) is 0 Å². The zero-order valence-electron chi connectivity index (χ0n) is 9.06. The van der Waals surface area contributed by atoms with Gasteiger partial charge in [0.05, 0.1) is 32.5 Å². The van der Waals surface area contributed by atoms with Gasteiger partial charge in [-0.05, 0) is 12.5 Å². The number of rotatable bonds is 7. The molecule has 3 heteroatoms. The molecule has 0 saturated carbocycles. The van der Waals surface area contributed by atoms with Gasteiger partial charge in [0, 0.05) is 0 Å². The first kappa shape index (κ1) is 12.2. The Morgan fingerprint density at radius 1 is 1.27 bits per heavy atom. The third-order valence-electron chi connectivity index (χ3n) is 1.96. The summed E-state index contributed by atoms with van der Waals surface area (Å²) < 4.78 is 10.7. The molecule has 0 fully saturated rings. The van der Waals surface area contributed by atoms with Crippen molar-refractivity contribution in [2.75, 3.05) is 19.8 Å². The van der Waals surface area contributed by atoms with Crippen LogP contribution in [0.1, 0.15) is 12.5 Å². The highest BCUT2D eigenvalue weighted by Gasteiger charge is 2.01. The van der Waals surface area contributed by atoms with Crippen LogP contribution in [0, 0.1) is 0 Å². The lowest BCUT2D eigenvalue weighted by atomic mass is 10.2. The molecule has 1 atom stereocenters. The number of ether oxygens (including phenoxy) is 2. The zero-order chi connectivity index (χ0) is 10.9. The van der Waals surface area contributed by atoms with Crippen LogP contribution in [0.5, 0.6) is 0 Å². The van der Waals surface area contributed by atoms with E-state index in [1.807, 2.05) is 37.3 Å². The molecule has 0 spiro atoms. The van der Waals surface area contributed by atoms with E-state index >= 15 is 0 Å². The van der Waals surface area contributed by atoms with Gasteiger partial charge in [-0.2, -0.15) is 0 Å². The Morgan fingerprint density at radius 3 is 2.67 bits per heavy atom. The van der Waals surface area contributed by atoms with Gasteiger partial charge in [0.2, 0.25) is 0 Å². The third kappa shape index (κ3) is 5.52. The molecule has 1 aromatic rings. The van der Waals surface area contributed by atoms with Gasteiger partial charge in [-0.1, -0.05) is 30.3 Å². The van der Waals surface area contributed by atoms with Crippen molar-refractivity contribution in [2.45, 2.75) is 19.6 Å². The molecule has 0 heterocycles. The van der Waals surface area contributed by atoms with E-state index in [2.05, 4.69) is 0 Å². The first-order valence-electron chi connectivity index (χ1n) is 5.17. The zero-order valence-corrected chi connectivity index (χ0v) is 9.06. The molecule has 0 aliphatic rings. The average Bonchev–Trinajstić information content (AvgIpc) is 2.28. The lowest BCUT2D eigenvalue weighted by Gasteiger charge is -2.12. The Hall–Kier alpha value is -0.900. The molecule has 3 nitrogen and oxygen atoms in total. The van der Waals surface area contributed by atoms with Crippen LogP contribution in [-0.4, -0.2) is 31.0 Å². The minimum atomic E-state index is 0.0286. The fraction of sp³-hybridized carbons (Fsp3) is 0.500. The quantitative estimate of drug-likeness (QED) is 0.743. The Kier molecular flexibility index (Phi) is 6.00. The van der Waals surface area contributed by atoms with Gasteiger partial charge in [0.25, 0.3) is 0 Å². The van der Waals surface area contributed by atoms with Gasteiger partial charge < -0.3 is 14.6 Å². The van der Waals surface area contributed by atoms with Gasteiger partial charge in [-0.3, -0.25) is 0 Å². The molecule has 0 bridgehead atoms. The van der Waals surface area contributed by atoms with Crippen molar-refractivity contribution >= 4 is 0 Å². The summed E-state index contributed by atoms with van der Waals surface area (Å²) >= 11 is 0. The van der Waals surface area contributed by atoms with Crippen molar-refractivity contribution in [3.63, 3.8) is 0 Å². The van der Waals surface area contributed by atoms with Crippen molar-refractivity contribution in [1.29, 1.82) is 0 Å². The average molecular weight is 210 g/mol. The molecule has 0 radical (unpaired) electrons. The molecule has 0 amide bonds. The third-order valence-corrected chi connectivity index (χ3v) is 1.96. The lowest BCUT2D eigenvalue weighted by Crippen LogP contribution is -2.17. The molecule has 0 aromatic heterocycles. The smallest absolute Gasteiger partial charge is 0.0781 e. The fourth-order valence-electron chi connectivity index (χ4n) is 1.22. The normalized spacial score (nSPS) is 12.7. The van der Waals surface area contributed by atoms with Crippen LogP contribution in [0.15, 0.2) is 30.3 Å². The molecule has 15 heavy (non-hydrogen) atoms. The highest BCUT2D eigenvalue weighted by Crippen LogP contribution is 2.01. The number of hydrogen-bond acceptors (Lipinski definition) is 3. The van der Waals surface area contributed by atoms with E-state index in [1.54, 1.807) is 0 Å². The van der Waals surface area contributed by atoms with Crippen LogP contribution >= 0.6 is 0 Å². The summed E-state index contributed by atoms with van der Waals surface area (Å²) in [5.41, 5.74) is 1.16. The summed E-state index contributed by atoms with van der Waals surface area (Å²) in [5.74, 6) is 0. The van der Waals surface area contributed by atoms with Crippen molar-refractivity contribution < 1.29 is 14.6 Å². The van der Waals surface area contributed by atoms with Crippen LogP contribution < -0.4 is 0 Å². The van der Waals surface area contributed by atoms with Gasteiger partial charge in [0.15, 0.2) is 0 Å². The number of aliphatic hydroxyl groups is 1. The van der Waals surface area contributed by atoms with E-state index in [9.17, 15) is 0 Å². The molecule has 0 saturated heterocycles. The lowest BCUT2D eigenvalue weighted by molar-refractivity contribution is -0.0228. The topological polar surface area (TPSA) is 38.7 Å². The number of benzene rings is 1. The Balaban J connectivity index is 2.11. The molecule has 1 rings (SSSR count). The van der Waals surface area contributed by atoms with Crippen molar-refractivity contribution in [2.24, 2.45) is 0 Å². The SMILES string of the molecule is CC(COCc1ccccc1)OCCO. The van der Waals surface area contributed by atoms with Crippen molar-refractivity contribution in [3.8, 4) is 0 Å². The summed E-state index contributed by atoms with van der Waals surface area (Å²) in [5, 5.41) is 8.55. The van der Waals surface area contributed by atoms with E-state index in [4.69, 9.17) is 14.6 Å². The van der Waals surface area contributed by atoms with Crippen LogP contribution in [0.3, 0.4) is 0 Å². The first-order valence-corrected chi connectivity index (χ1v) is 5.17. The van der Waals surface area contributed by atoms with Gasteiger partial charge in [0.1, 0.15) is 0 Å².